The van der Waals surface area contributed by atoms with Gasteiger partial charge in [0.15, 0.2) is 6.29 Å². The third-order valence-electron chi connectivity index (χ3n) is 4.04. The second-order valence-electron chi connectivity index (χ2n) is 6.31. The fourth-order valence-corrected chi connectivity index (χ4v) is 3.14. The van der Waals surface area contributed by atoms with Crippen molar-refractivity contribution < 1.29 is 71.1 Å². The van der Waals surface area contributed by atoms with Crippen LogP contribution in [0.3, 0.4) is 0 Å². The van der Waals surface area contributed by atoms with Crippen molar-refractivity contribution in [2.45, 2.75) is 44.2 Å². The summed E-state index contributed by atoms with van der Waals surface area (Å²) in [5.74, 6) is -0.562. The summed E-state index contributed by atoms with van der Waals surface area (Å²) in [7, 11) is -4.75. The van der Waals surface area contributed by atoms with E-state index in [1.165, 1.54) is 6.92 Å². The molecule has 0 unspecified atom stereocenters. The molecule has 1 fully saturated rings. The number of rotatable bonds is 10. The van der Waals surface area contributed by atoms with E-state index in [-0.39, 0.29) is 49.3 Å². The average molecular weight is 456 g/mol. The quantitative estimate of drug-likeness (QED) is 0.135. The standard InChI is InChI=1S/C17H26N2O9S.Na/c1-11(20)19-14-15(21)16(26-9-12-5-3-2-4-6-12)13(10-27-29(22,23)24)28-17(14)25-8-7-18;/h2-6,13-17,21H,7-10,18H2,1H3,(H,19,20)(H,22,23,24);/q;+1/p-1/t13-,14-,15-,16-,17-;/m1./s1. The third kappa shape index (κ3) is 8.85. The van der Waals surface area contributed by atoms with Gasteiger partial charge in [0, 0.05) is 6.54 Å². The first-order valence-electron chi connectivity index (χ1n) is 8.85. The van der Waals surface area contributed by atoms with Crippen LogP contribution in [-0.2, 0) is 35.4 Å². The Morgan fingerprint density at radius 2 is 1.97 bits per heavy atom. The summed E-state index contributed by atoms with van der Waals surface area (Å²) in [4.78, 5) is 3.83. The number of hydrogen-bond acceptors (Lipinski definition) is 10. The molecule has 11 nitrogen and oxygen atoms in total. The zero-order valence-corrected chi connectivity index (χ0v) is 19.6. The smallest absolute Gasteiger partial charge is 0.862 e. The van der Waals surface area contributed by atoms with E-state index in [2.05, 4.69) is 9.18 Å². The molecule has 0 bridgehead atoms. The third-order valence-corrected chi connectivity index (χ3v) is 4.47. The molecule has 1 heterocycles. The summed E-state index contributed by atoms with van der Waals surface area (Å²) in [6, 6.07) is 7.90. The van der Waals surface area contributed by atoms with Gasteiger partial charge < -0.3 is 30.2 Å². The van der Waals surface area contributed by atoms with E-state index in [1.807, 2.05) is 6.07 Å². The fourth-order valence-electron chi connectivity index (χ4n) is 2.83. The largest absolute Gasteiger partial charge is 1.00 e. The van der Waals surface area contributed by atoms with Gasteiger partial charge in [0.1, 0.15) is 24.4 Å². The van der Waals surface area contributed by atoms with Crippen molar-refractivity contribution in [3.05, 3.63) is 35.9 Å². The fraction of sp³-hybridized carbons (Fsp3) is 0.588. The molecule has 1 aliphatic heterocycles. The number of aliphatic hydroxyl groups excluding tert-OH is 1. The molecule has 0 saturated carbocycles. The molecule has 1 aliphatic rings. The predicted molar refractivity (Wildman–Crippen MR) is 99.1 cm³/mol. The second-order valence-corrected chi connectivity index (χ2v) is 7.40. The Bertz CT molecular complexity index is 762. The van der Waals surface area contributed by atoms with Gasteiger partial charge in [0.2, 0.25) is 0 Å². The van der Waals surface area contributed by atoms with Crippen molar-refractivity contribution in [2.24, 2.45) is 10.7 Å². The maximum Gasteiger partial charge on any atom is 1.00 e. The minimum atomic E-state index is -4.75. The number of nitrogens with zero attached hydrogens (tertiary/aromatic N) is 1. The van der Waals surface area contributed by atoms with E-state index < -0.39 is 53.5 Å². The SMILES string of the molecule is CC([O-])=N[C@H]1[C@H](OCCN)O[C@H](COS(=O)(=O)O)[C@@H](OCc2ccccc2)[C@@H]1O.[Na+]. The summed E-state index contributed by atoms with van der Waals surface area (Å²) in [5.41, 5.74) is 6.20. The molecule has 1 saturated heterocycles. The minimum Gasteiger partial charge on any atom is -0.862 e. The maximum atomic E-state index is 11.5. The topological polar surface area (TPSA) is 173 Å². The van der Waals surface area contributed by atoms with Crippen LogP contribution in [-0.4, -0.2) is 74.4 Å². The molecule has 0 spiro atoms. The van der Waals surface area contributed by atoms with Crippen LogP contribution in [0.1, 0.15) is 12.5 Å². The van der Waals surface area contributed by atoms with Gasteiger partial charge in [0.05, 0.1) is 19.8 Å². The van der Waals surface area contributed by atoms with Gasteiger partial charge in [-0.1, -0.05) is 30.3 Å². The molecule has 4 N–H and O–H groups in total. The van der Waals surface area contributed by atoms with Crippen molar-refractivity contribution in [3.8, 4) is 0 Å². The molecule has 0 aliphatic carbocycles. The molecular formula is C17H25N2NaO9S. The second kappa shape index (κ2) is 13.0. The summed E-state index contributed by atoms with van der Waals surface area (Å²) < 4.78 is 52.0. The minimum absolute atomic E-state index is 0. The molecule has 164 valence electrons. The van der Waals surface area contributed by atoms with Gasteiger partial charge in [-0.3, -0.25) is 9.55 Å². The Labute approximate surface area is 197 Å². The summed E-state index contributed by atoms with van der Waals surface area (Å²) >= 11 is 0. The van der Waals surface area contributed by atoms with Crippen LogP contribution >= 0.6 is 0 Å². The Kier molecular flexibility index (Phi) is 11.9. The van der Waals surface area contributed by atoms with E-state index in [0.29, 0.717) is 0 Å². The molecule has 2 rings (SSSR count). The van der Waals surface area contributed by atoms with Crippen molar-refractivity contribution in [1.82, 2.24) is 0 Å². The van der Waals surface area contributed by atoms with Gasteiger partial charge in [-0.05, 0) is 18.4 Å². The number of aliphatic hydroxyl groups is 1. The van der Waals surface area contributed by atoms with E-state index >= 15 is 0 Å². The van der Waals surface area contributed by atoms with Gasteiger partial charge in [-0.15, -0.1) is 0 Å². The Morgan fingerprint density at radius 3 is 2.53 bits per heavy atom. The van der Waals surface area contributed by atoms with E-state index in [4.69, 9.17) is 24.5 Å². The van der Waals surface area contributed by atoms with Gasteiger partial charge in [0.25, 0.3) is 0 Å². The van der Waals surface area contributed by atoms with Crippen LogP contribution in [0.5, 0.6) is 0 Å². The number of nitrogens with two attached hydrogens (primary N) is 1. The maximum absolute atomic E-state index is 11.5. The van der Waals surface area contributed by atoms with E-state index in [9.17, 15) is 18.6 Å². The first-order valence-corrected chi connectivity index (χ1v) is 10.2. The number of aliphatic imine (C=N–C) groups is 1. The zero-order chi connectivity index (χ0) is 21.4. The van der Waals surface area contributed by atoms with Gasteiger partial charge >= 0.3 is 40.0 Å². The van der Waals surface area contributed by atoms with Crippen LogP contribution in [0.4, 0.5) is 0 Å². The van der Waals surface area contributed by atoms with Crippen molar-refractivity contribution in [1.29, 1.82) is 0 Å². The summed E-state index contributed by atoms with van der Waals surface area (Å²) in [5, 5.41) is 22.3. The van der Waals surface area contributed by atoms with Crippen LogP contribution in [0.25, 0.3) is 0 Å². The Morgan fingerprint density at radius 1 is 1.30 bits per heavy atom. The molecule has 30 heavy (non-hydrogen) atoms. The average Bonchev–Trinajstić information content (AvgIpc) is 2.66. The molecule has 1 aromatic rings. The van der Waals surface area contributed by atoms with Gasteiger partial charge in [-0.25, -0.2) is 4.18 Å². The van der Waals surface area contributed by atoms with Crippen molar-refractivity contribution >= 4 is 16.3 Å². The van der Waals surface area contributed by atoms with Crippen LogP contribution in [0.2, 0.25) is 0 Å². The number of hydrogen-bond donors (Lipinski definition) is 3. The van der Waals surface area contributed by atoms with Crippen LogP contribution < -0.4 is 40.4 Å². The summed E-state index contributed by atoms with van der Waals surface area (Å²) in [6.07, 6.45) is -4.84. The van der Waals surface area contributed by atoms with Crippen LogP contribution in [0, 0.1) is 0 Å². The molecular weight excluding hydrogens is 431 g/mol. The molecule has 0 aromatic heterocycles. The van der Waals surface area contributed by atoms with E-state index in [1.54, 1.807) is 24.3 Å². The molecule has 0 amide bonds. The molecule has 0 radical (unpaired) electrons. The van der Waals surface area contributed by atoms with Crippen molar-refractivity contribution in [2.75, 3.05) is 19.8 Å². The predicted octanol–water partition coefficient (Wildman–Crippen LogP) is -4.40. The van der Waals surface area contributed by atoms with Crippen LogP contribution in [0.15, 0.2) is 35.3 Å². The normalized spacial score (nSPS) is 27.5. The number of ether oxygens (including phenoxy) is 3. The monoisotopic (exact) mass is 456 g/mol. The first kappa shape index (κ1) is 27.4. The Hall–Kier alpha value is -0.640. The molecule has 13 heteroatoms. The van der Waals surface area contributed by atoms with Crippen molar-refractivity contribution in [3.63, 3.8) is 0 Å². The molecule has 1 aromatic carbocycles. The summed E-state index contributed by atoms with van der Waals surface area (Å²) in [6.45, 7) is 0.811. The Balaban J connectivity index is 0.00000450. The first-order chi connectivity index (χ1) is 13.7. The molecule has 5 atom stereocenters. The zero-order valence-electron chi connectivity index (χ0n) is 16.8. The number of benzene rings is 1. The van der Waals surface area contributed by atoms with E-state index in [0.717, 1.165) is 5.56 Å². The van der Waals surface area contributed by atoms with Gasteiger partial charge in [-0.2, -0.15) is 8.42 Å².